The molecule has 0 bridgehead atoms. The summed E-state index contributed by atoms with van der Waals surface area (Å²) in [5.41, 5.74) is 1.23. The van der Waals surface area contributed by atoms with E-state index in [1.165, 1.54) is 18.4 Å². The lowest BCUT2D eigenvalue weighted by molar-refractivity contribution is 0.482. The van der Waals surface area contributed by atoms with Gasteiger partial charge in [-0.1, -0.05) is 50.1 Å². The van der Waals surface area contributed by atoms with Crippen molar-refractivity contribution in [1.82, 2.24) is 0 Å². The fourth-order valence-electron chi connectivity index (χ4n) is 1.80. The minimum absolute atomic E-state index is 0.878. The van der Waals surface area contributed by atoms with Crippen molar-refractivity contribution in [3.05, 3.63) is 66.6 Å². The van der Waals surface area contributed by atoms with E-state index in [4.69, 9.17) is 4.74 Å². The number of ether oxygens (including phenoxy) is 1. The van der Waals surface area contributed by atoms with Gasteiger partial charge < -0.3 is 4.74 Å². The summed E-state index contributed by atoms with van der Waals surface area (Å²) in [6, 6.07) is 18.1. The lowest BCUT2D eigenvalue weighted by Crippen LogP contribution is -1.86. The Kier molecular flexibility index (Phi) is 4.83. The molecule has 2 aromatic carbocycles. The summed E-state index contributed by atoms with van der Waals surface area (Å²) in [6.45, 7) is 2.21. The number of benzene rings is 2. The van der Waals surface area contributed by atoms with Crippen LogP contribution in [0.3, 0.4) is 0 Å². The van der Waals surface area contributed by atoms with E-state index >= 15 is 0 Å². The molecule has 0 aliphatic heterocycles. The highest BCUT2D eigenvalue weighted by atomic mass is 16.5. The Morgan fingerprint density at radius 3 is 2.50 bits per heavy atom. The van der Waals surface area contributed by atoms with Gasteiger partial charge >= 0.3 is 0 Å². The van der Waals surface area contributed by atoms with Crippen LogP contribution in [0, 0.1) is 6.42 Å². The molecule has 1 radical (unpaired) electrons. The fraction of sp³-hybridized carbons (Fsp3) is 0.235. The standard InChI is InChI=1S/C17H19O/c1-2-3-5-9-15-10-8-13-17(14-15)18-16-11-6-4-7-12-16/h4,6-14H,2-3,5H2,1H3. The van der Waals surface area contributed by atoms with Crippen LogP contribution in [-0.2, 0) is 0 Å². The van der Waals surface area contributed by atoms with Crippen molar-refractivity contribution in [2.24, 2.45) is 0 Å². The molecule has 0 fully saturated rings. The van der Waals surface area contributed by atoms with Gasteiger partial charge in [0, 0.05) is 0 Å². The molecule has 0 N–H and O–H groups in total. The second-order valence-corrected chi connectivity index (χ2v) is 4.33. The van der Waals surface area contributed by atoms with Crippen molar-refractivity contribution in [2.75, 3.05) is 0 Å². The Balaban J connectivity index is 1.99. The van der Waals surface area contributed by atoms with E-state index < -0.39 is 0 Å². The van der Waals surface area contributed by atoms with E-state index in [0.29, 0.717) is 0 Å². The fourth-order valence-corrected chi connectivity index (χ4v) is 1.80. The van der Waals surface area contributed by atoms with E-state index in [1.54, 1.807) is 0 Å². The van der Waals surface area contributed by atoms with Crippen molar-refractivity contribution in [3.63, 3.8) is 0 Å². The number of rotatable bonds is 6. The quantitative estimate of drug-likeness (QED) is 0.628. The monoisotopic (exact) mass is 239 g/mol. The summed E-state index contributed by atoms with van der Waals surface area (Å²) in [6.07, 6.45) is 5.87. The first-order valence-electron chi connectivity index (χ1n) is 6.54. The first-order valence-corrected chi connectivity index (χ1v) is 6.54. The van der Waals surface area contributed by atoms with Crippen LogP contribution in [0.25, 0.3) is 0 Å². The van der Waals surface area contributed by atoms with Crippen molar-refractivity contribution in [2.45, 2.75) is 26.2 Å². The first kappa shape index (κ1) is 12.7. The predicted octanol–water partition coefficient (Wildman–Crippen LogP) is 5.22. The zero-order valence-corrected chi connectivity index (χ0v) is 10.8. The Hall–Kier alpha value is -1.76. The highest BCUT2D eigenvalue weighted by Crippen LogP contribution is 2.23. The SMILES string of the molecule is CCCC[CH]c1cccc(Oc2ccccc2)c1. The molecule has 0 saturated carbocycles. The lowest BCUT2D eigenvalue weighted by Gasteiger charge is -2.07. The highest BCUT2D eigenvalue weighted by molar-refractivity contribution is 5.36. The van der Waals surface area contributed by atoms with Gasteiger partial charge in [0.05, 0.1) is 0 Å². The van der Waals surface area contributed by atoms with E-state index in [0.717, 1.165) is 17.9 Å². The van der Waals surface area contributed by atoms with Crippen molar-refractivity contribution >= 4 is 0 Å². The molecular weight excluding hydrogens is 220 g/mol. The minimum atomic E-state index is 0.878. The average molecular weight is 239 g/mol. The Morgan fingerprint density at radius 1 is 0.944 bits per heavy atom. The largest absolute Gasteiger partial charge is 0.457 e. The van der Waals surface area contributed by atoms with Gasteiger partial charge in [0.1, 0.15) is 11.5 Å². The number of hydrogen-bond donors (Lipinski definition) is 0. The van der Waals surface area contributed by atoms with E-state index in [1.807, 2.05) is 42.5 Å². The van der Waals surface area contributed by atoms with Crippen LogP contribution in [0.5, 0.6) is 11.5 Å². The summed E-state index contributed by atoms with van der Waals surface area (Å²) in [5, 5.41) is 0. The van der Waals surface area contributed by atoms with E-state index in [9.17, 15) is 0 Å². The molecule has 0 heterocycles. The second-order valence-electron chi connectivity index (χ2n) is 4.33. The molecule has 0 saturated heterocycles. The molecule has 2 rings (SSSR count). The third-order valence-electron chi connectivity index (χ3n) is 2.77. The number of para-hydroxylation sites is 1. The van der Waals surface area contributed by atoms with Gasteiger partial charge in [-0.2, -0.15) is 0 Å². The third kappa shape index (κ3) is 3.92. The average Bonchev–Trinajstić information content (AvgIpc) is 2.41. The maximum atomic E-state index is 5.81. The summed E-state index contributed by atoms with van der Waals surface area (Å²) < 4.78 is 5.81. The smallest absolute Gasteiger partial charge is 0.127 e. The molecule has 0 aliphatic carbocycles. The van der Waals surface area contributed by atoms with Crippen LogP contribution in [0.4, 0.5) is 0 Å². The summed E-state index contributed by atoms with van der Waals surface area (Å²) in [7, 11) is 0. The maximum absolute atomic E-state index is 5.81. The molecule has 18 heavy (non-hydrogen) atoms. The van der Waals surface area contributed by atoms with Crippen LogP contribution in [0.1, 0.15) is 31.7 Å². The number of hydrogen-bond acceptors (Lipinski definition) is 1. The normalized spacial score (nSPS) is 10.3. The molecule has 0 aromatic heterocycles. The Bertz CT molecular complexity index is 462. The molecule has 93 valence electrons. The van der Waals surface area contributed by atoms with Gasteiger partial charge in [0.25, 0.3) is 0 Å². The molecule has 0 amide bonds. The Morgan fingerprint density at radius 2 is 1.72 bits per heavy atom. The van der Waals surface area contributed by atoms with Crippen molar-refractivity contribution in [3.8, 4) is 11.5 Å². The predicted molar refractivity (Wildman–Crippen MR) is 75.9 cm³/mol. The molecule has 1 heteroatoms. The van der Waals surface area contributed by atoms with Gasteiger partial charge in [0.15, 0.2) is 0 Å². The van der Waals surface area contributed by atoms with Gasteiger partial charge in [-0.25, -0.2) is 0 Å². The molecule has 2 aromatic rings. The summed E-state index contributed by atoms with van der Waals surface area (Å²) in [5.74, 6) is 1.77. The molecule has 0 aliphatic rings. The second kappa shape index (κ2) is 6.85. The molecule has 1 nitrogen and oxygen atoms in total. The molecular formula is C17H19O. The summed E-state index contributed by atoms with van der Waals surface area (Å²) in [4.78, 5) is 0. The van der Waals surface area contributed by atoms with Gasteiger partial charge in [-0.3, -0.25) is 0 Å². The van der Waals surface area contributed by atoms with Crippen LogP contribution >= 0.6 is 0 Å². The zero-order chi connectivity index (χ0) is 12.6. The zero-order valence-electron chi connectivity index (χ0n) is 10.8. The van der Waals surface area contributed by atoms with Crippen molar-refractivity contribution in [1.29, 1.82) is 0 Å². The van der Waals surface area contributed by atoms with Crippen LogP contribution in [0.2, 0.25) is 0 Å². The Labute approximate surface area is 109 Å². The van der Waals surface area contributed by atoms with Crippen LogP contribution in [0.15, 0.2) is 54.6 Å². The van der Waals surface area contributed by atoms with E-state index in [2.05, 4.69) is 25.5 Å². The molecule has 0 unspecified atom stereocenters. The number of unbranched alkanes of at least 4 members (excludes halogenated alkanes) is 2. The van der Waals surface area contributed by atoms with Gasteiger partial charge in [0.2, 0.25) is 0 Å². The van der Waals surface area contributed by atoms with Gasteiger partial charge in [-0.15, -0.1) is 0 Å². The lowest BCUT2D eigenvalue weighted by atomic mass is 10.1. The van der Waals surface area contributed by atoms with Gasteiger partial charge in [-0.05, 0) is 42.7 Å². The van der Waals surface area contributed by atoms with Crippen LogP contribution < -0.4 is 4.74 Å². The van der Waals surface area contributed by atoms with Crippen LogP contribution in [-0.4, -0.2) is 0 Å². The van der Waals surface area contributed by atoms with Crippen molar-refractivity contribution < 1.29 is 4.74 Å². The molecule has 0 spiro atoms. The maximum Gasteiger partial charge on any atom is 0.127 e. The first-order chi connectivity index (χ1) is 8.88. The summed E-state index contributed by atoms with van der Waals surface area (Å²) >= 11 is 0. The topological polar surface area (TPSA) is 9.23 Å². The van der Waals surface area contributed by atoms with E-state index in [-0.39, 0.29) is 0 Å². The minimum Gasteiger partial charge on any atom is -0.457 e. The highest BCUT2D eigenvalue weighted by Gasteiger charge is 1.99. The third-order valence-corrected chi connectivity index (χ3v) is 2.77. The molecule has 0 atom stereocenters.